The molecular weight excluding hydrogens is 100 g/mol. The van der Waals surface area contributed by atoms with Crippen LogP contribution in [0.4, 0.5) is 0 Å². The van der Waals surface area contributed by atoms with Crippen LogP contribution in [0.2, 0.25) is 0 Å². The maximum absolute atomic E-state index is 6.63. The van der Waals surface area contributed by atoms with Gasteiger partial charge >= 0.3 is 0 Å². The molecule has 0 aliphatic rings. The Balaban J connectivity index is 3.26. The number of hydrogen-bond donors (Lipinski definition) is 1. The van der Waals surface area contributed by atoms with E-state index in [4.69, 9.17) is 6.57 Å². The summed E-state index contributed by atoms with van der Waals surface area (Å²) >= 11 is 0. The first-order chi connectivity index (χ1) is 3.85. The van der Waals surface area contributed by atoms with Crippen molar-refractivity contribution in [2.24, 2.45) is 0 Å². The molecule has 0 aliphatic carbocycles. The average Bonchev–Trinajstić information content (AvgIpc) is 1.83. The summed E-state index contributed by atoms with van der Waals surface area (Å²) in [5, 5.41) is 2.90. The minimum absolute atomic E-state index is 0.0417. The van der Waals surface area contributed by atoms with Gasteiger partial charge < -0.3 is 0 Å². The van der Waals surface area contributed by atoms with Gasteiger partial charge in [0.15, 0.2) is 0 Å². The van der Waals surface area contributed by atoms with Gasteiger partial charge in [-0.3, -0.25) is 10.2 Å². The lowest BCUT2D eigenvalue weighted by Crippen LogP contribution is -2.20. The van der Waals surface area contributed by atoms with E-state index in [0.717, 1.165) is 12.8 Å². The second kappa shape index (κ2) is 4.61. The first-order valence-electron chi connectivity index (χ1n) is 2.89. The Bertz CT molecular complexity index is 83.0. The molecule has 0 amide bonds. The summed E-state index contributed by atoms with van der Waals surface area (Å²) in [7, 11) is 1.82. The van der Waals surface area contributed by atoms with Crippen molar-refractivity contribution in [3.63, 3.8) is 0 Å². The maximum Gasteiger partial charge on any atom is 0.277 e. The molecule has 0 saturated heterocycles. The molecule has 0 aromatic carbocycles. The Morgan fingerprint density at radius 2 is 2.38 bits per heavy atom. The van der Waals surface area contributed by atoms with Crippen LogP contribution in [-0.4, -0.2) is 13.2 Å². The van der Waals surface area contributed by atoms with Gasteiger partial charge in [-0.25, -0.2) is 6.57 Å². The van der Waals surface area contributed by atoms with Gasteiger partial charge in [-0.05, 0) is 13.5 Å². The van der Waals surface area contributed by atoms with Crippen molar-refractivity contribution in [2.45, 2.75) is 25.9 Å². The summed E-state index contributed by atoms with van der Waals surface area (Å²) < 4.78 is 0. The van der Waals surface area contributed by atoms with E-state index in [-0.39, 0.29) is 6.17 Å². The number of nitrogens with zero attached hydrogens (tertiary/aromatic N) is 1. The summed E-state index contributed by atoms with van der Waals surface area (Å²) in [5.41, 5.74) is 0. The average molecular weight is 112 g/mol. The summed E-state index contributed by atoms with van der Waals surface area (Å²) in [6, 6.07) is 0. The van der Waals surface area contributed by atoms with Crippen molar-refractivity contribution in [3.05, 3.63) is 11.4 Å². The van der Waals surface area contributed by atoms with E-state index in [2.05, 4.69) is 17.1 Å². The van der Waals surface area contributed by atoms with Gasteiger partial charge in [0.05, 0.1) is 0 Å². The molecule has 0 aromatic heterocycles. The molecule has 0 aliphatic heterocycles. The van der Waals surface area contributed by atoms with Crippen LogP contribution in [0.25, 0.3) is 4.85 Å². The SMILES string of the molecule is [C-]#[N+]C(CCC)NC. The van der Waals surface area contributed by atoms with Crippen molar-refractivity contribution in [1.82, 2.24) is 5.32 Å². The van der Waals surface area contributed by atoms with Crippen LogP contribution in [-0.2, 0) is 0 Å². The zero-order valence-corrected chi connectivity index (χ0v) is 5.44. The smallest absolute Gasteiger partial charge is 0.277 e. The summed E-state index contributed by atoms with van der Waals surface area (Å²) in [6.07, 6.45) is 2.08. The molecule has 0 saturated carbocycles. The molecule has 1 atom stereocenters. The zero-order valence-electron chi connectivity index (χ0n) is 5.44. The van der Waals surface area contributed by atoms with Crippen molar-refractivity contribution in [2.75, 3.05) is 7.05 Å². The minimum Gasteiger partial charge on any atom is -0.296 e. The van der Waals surface area contributed by atoms with Crippen molar-refractivity contribution in [3.8, 4) is 0 Å². The Labute approximate surface area is 50.7 Å². The summed E-state index contributed by atoms with van der Waals surface area (Å²) in [4.78, 5) is 3.34. The Kier molecular flexibility index (Phi) is 4.29. The number of nitrogens with one attached hydrogen (secondary N) is 1. The lowest BCUT2D eigenvalue weighted by Gasteiger charge is -1.98. The van der Waals surface area contributed by atoms with Crippen molar-refractivity contribution >= 4 is 0 Å². The molecule has 46 valence electrons. The molecule has 0 heterocycles. The Hall–Kier alpha value is -0.550. The zero-order chi connectivity index (χ0) is 6.41. The third-order valence-corrected chi connectivity index (χ3v) is 1.05. The molecule has 8 heavy (non-hydrogen) atoms. The first-order valence-corrected chi connectivity index (χ1v) is 2.89. The van der Waals surface area contributed by atoms with Crippen LogP contribution in [0.1, 0.15) is 19.8 Å². The molecule has 0 rings (SSSR count). The van der Waals surface area contributed by atoms with Gasteiger partial charge in [-0.2, -0.15) is 0 Å². The third kappa shape index (κ3) is 2.59. The highest BCUT2D eigenvalue weighted by Gasteiger charge is 2.03. The van der Waals surface area contributed by atoms with E-state index in [1.165, 1.54) is 0 Å². The Morgan fingerprint density at radius 3 is 2.50 bits per heavy atom. The molecule has 0 bridgehead atoms. The standard InChI is InChI=1S/C6H12N2/c1-4-5-6(7-2)8-3/h6-7H,4-5H2,1-2H3. The van der Waals surface area contributed by atoms with Gasteiger partial charge in [0.2, 0.25) is 0 Å². The van der Waals surface area contributed by atoms with Gasteiger partial charge in [-0.15, -0.1) is 0 Å². The largest absolute Gasteiger partial charge is 0.296 e. The van der Waals surface area contributed by atoms with Gasteiger partial charge in [0, 0.05) is 6.42 Å². The van der Waals surface area contributed by atoms with E-state index in [0.29, 0.717) is 0 Å². The molecule has 0 aromatic rings. The van der Waals surface area contributed by atoms with E-state index < -0.39 is 0 Å². The fraction of sp³-hybridized carbons (Fsp3) is 0.833. The minimum atomic E-state index is 0.0417. The van der Waals surface area contributed by atoms with E-state index in [1.54, 1.807) is 0 Å². The summed E-state index contributed by atoms with van der Waals surface area (Å²) in [5.74, 6) is 0. The molecule has 0 spiro atoms. The molecule has 2 heteroatoms. The Morgan fingerprint density at radius 1 is 1.75 bits per heavy atom. The van der Waals surface area contributed by atoms with Crippen LogP contribution < -0.4 is 5.32 Å². The molecule has 0 fully saturated rings. The van der Waals surface area contributed by atoms with Crippen LogP contribution in [0.15, 0.2) is 0 Å². The highest BCUT2D eigenvalue weighted by molar-refractivity contribution is 4.72. The third-order valence-electron chi connectivity index (χ3n) is 1.05. The fourth-order valence-corrected chi connectivity index (χ4v) is 0.547. The lowest BCUT2D eigenvalue weighted by atomic mass is 10.3. The molecule has 1 unspecified atom stereocenters. The van der Waals surface area contributed by atoms with Crippen LogP contribution in [0.5, 0.6) is 0 Å². The van der Waals surface area contributed by atoms with Gasteiger partial charge in [0.25, 0.3) is 6.17 Å². The molecule has 2 nitrogen and oxygen atoms in total. The van der Waals surface area contributed by atoms with Gasteiger partial charge in [-0.1, -0.05) is 6.92 Å². The second-order valence-corrected chi connectivity index (χ2v) is 1.72. The maximum atomic E-state index is 6.63. The normalized spacial score (nSPS) is 12.6. The van der Waals surface area contributed by atoms with Crippen molar-refractivity contribution < 1.29 is 0 Å². The molecule has 0 radical (unpaired) electrons. The lowest BCUT2D eigenvalue weighted by molar-refractivity contribution is 0.601. The van der Waals surface area contributed by atoms with Crippen LogP contribution in [0, 0.1) is 6.57 Å². The van der Waals surface area contributed by atoms with Crippen LogP contribution in [0.3, 0.4) is 0 Å². The monoisotopic (exact) mass is 112 g/mol. The first kappa shape index (κ1) is 7.45. The highest BCUT2D eigenvalue weighted by Crippen LogP contribution is 1.94. The molecular formula is C6H12N2. The molecule has 1 N–H and O–H groups in total. The number of hydrogen-bond acceptors (Lipinski definition) is 1. The number of rotatable bonds is 3. The fourth-order valence-electron chi connectivity index (χ4n) is 0.547. The quantitative estimate of drug-likeness (QED) is 0.543. The highest BCUT2D eigenvalue weighted by atomic mass is 15.0. The topological polar surface area (TPSA) is 16.4 Å². The van der Waals surface area contributed by atoms with Crippen molar-refractivity contribution in [1.29, 1.82) is 0 Å². The predicted molar refractivity (Wildman–Crippen MR) is 34.4 cm³/mol. The van der Waals surface area contributed by atoms with E-state index in [9.17, 15) is 0 Å². The van der Waals surface area contributed by atoms with Gasteiger partial charge in [0.1, 0.15) is 0 Å². The summed E-state index contributed by atoms with van der Waals surface area (Å²) in [6.45, 7) is 8.70. The second-order valence-electron chi connectivity index (χ2n) is 1.72. The van der Waals surface area contributed by atoms with E-state index in [1.807, 2.05) is 7.05 Å². The predicted octanol–water partition coefficient (Wildman–Crippen LogP) is 1.25. The van der Waals surface area contributed by atoms with E-state index >= 15 is 0 Å². The van der Waals surface area contributed by atoms with Crippen LogP contribution >= 0.6 is 0 Å².